The summed E-state index contributed by atoms with van der Waals surface area (Å²) in [4.78, 5) is 12.4. The van der Waals surface area contributed by atoms with Crippen molar-refractivity contribution in [3.63, 3.8) is 0 Å². The maximum atomic E-state index is 12.4. The lowest BCUT2D eigenvalue weighted by Crippen LogP contribution is -2.57. The van der Waals surface area contributed by atoms with Crippen molar-refractivity contribution in [2.75, 3.05) is 13.2 Å². The largest absolute Gasteiger partial charge is 0.462 e. The standard InChI is InChI=1S/C26H38O6/c1-25(2,3)24(27)30-17-22-19(29-16-18-9-6-5-7-10-18)12-13-26(4)23(31-22)15-21-20(32-26)11-8-14-28-21/h5-7,9-10,19-23H,8,11-17H2,1-4H3/t19-,20-,21+,22+,23-,26+/m0/s1. The van der Waals surface area contributed by atoms with Crippen molar-refractivity contribution in [1.29, 1.82) is 0 Å². The smallest absolute Gasteiger partial charge is 0.311 e. The van der Waals surface area contributed by atoms with Gasteiger partial charge in [-0.3, -0.25) is 4.79 Å². The monoisotopic (exact) mass is 446 g/mol. The van der Waals surface area contributed by atoms with E-state index in [2.05, 4.69) is 19.1 Å². The number of hydrogen-bond acceptors (Lipinski definition) is 6. The van der Waals surface area contributed by atoms with Gasteiger partial charge in [0.15, 0.2) is 0 Å². The van der Waals surface area contributed by atoms with Gasteiger partial charge in [0.2, 0.25) is 0 Å². The second-order valence-corrected chi connectivity index (χ2v) is 10.6. The Balaban J connectivity index is 1.49. The molecular formula is C26H38O6. The predicted octanol–water partition coefficient (Wildman–Crippen LogP) is 4.44. The lowest BCUT2D eigenvalue weighted by atomic mass is 9.83. The summed E-state index contributed by atoms with van der Waals surface area (Å²) >= 11 is 0. The molecule has 0 bridgehead atoms. The van der Waals surface area contributed by atoms with E-state index in [-0.39, 0.29) is 48.7 Å². The minimum atomic E-state index is -0.559. The van der Waals surface area contributed by atoms with Crippen LogP contribution in [0.15, 0.2) is 30.3 Å². The topological polar surface area (TPSA) is 63.2 Å². The Kier molecular flexibility index (Phi) is 7.25. The van der Waals surface area contributed by atoms with Crippen LogP contribution in [0.3, 0.4) is 0 Å². The lowest BCUT2D eigenvalue weighted by Gasteiger charge is -2.49. The third kappa shape index (κ3) is 5.53. The van der Waals surface area contributed by atoms with Gasteiger partial charge in [0.25, 0.3) is 0 Å². The summed E-state index contributed by atoms with van der Waals surface area (Å²) in [5, 5.41) is 0. The molecule has 0 radical (unpaired) electrons. The fourth-order valence-electron chi connectivity index (χ4n) is 4.87. The lowest BCUT2D eigenvalue weighted by molar-refractivity contribution is -0.261. The van der Waals surface area contributed by atoms with Crippen LogP contribution in [0.2, 0.25) is 0 Å². The van der Waals surface area contributed by atoms with Crippen molar-refractivity contribution in [2.24, 2.45) is 5.41 Å². The Labute approximate surface area is 191 Å². The number of esters is 1. The van der Waals surface area contributed by atoms with Gasteiger partial charge in [0.1, 0.15) is 12.7 Å². The summed E-state index contributed by atoms with van der Waals surface area (Å²) in [6.45, 7) is 9.19. The van der Waals surface area contributed by atoms with Crippen molar-refractivity contribution in [1.82, 2.24) is 0 Å². The summed E-state index contributed by atoms with van der Waals surface area (Å²) in [7, 11) is 0. The van der Waals surface area contributed by atoms with Gasteiger partial charge in [-0.1, -0.05) is 30.3 Å². The van der Waals surface area contributed by atoms with Crippen LogP contribution in [0.4, 0.5) is 0 Å². The van der Waals surface area contributed by atoms with Gasteiger partial charge in [-0.2, -0.15) is 0 Å². The number of fused-ring (bicyclic) bond motifs is 2. The number of ether oxygens (including phenoxy) is 5. The molecule has 0 aromatic heterocycles. The van der Waals surface area contributed by atoms with E-state index in [0.717, 1.165) is 44.3 Å². The highest BCUT2D eigenvalue weighted by Crippen LogP contribution is 2.42. The number of carbonyl (C=O) groups is 1. The van der Waals surface area contributed by atoms with Crippen molar-refractivity contribution >= 4 is 5.97 Å². The molecule has 0 saturated carbocycles. The highest BCUT2D eigenvalue weighted by molar-refractivity contribution is 5.75. The van der Waals surface area contributed by atoms with E-state index < -0.39 is 5.41 Å². The SMILES string of the molecule is CC(C)(C)C(=O)OC[C@H]1O[C@H]2C[C@H]3OCCC[C@@H]3O[C@]2(C)CC[C@@H]1OCc1ccccc1. The molecule has 178 valence electrons. The number of benzene rings is 1. The fourth-order valence-corrected chi connectivity index (χ4v) is 4.87. The van der Waals surface area contributed by atoms with Crippen LogP contribution in [0.5, 0.6) is 0 Å². The van der Waals surface area contributed by atoms with E-state index >= 15 is 0 Å². The first-order valence-corrected chi connectivity index (χ1v) is 12.0. The Hall–Kier alpha value is -1.47. The first kappa shape index (κ1) is 23.7. The summed E-state index contributed by atoms with van der Waals surface area (Å²) in [5.41, 5.74) is 0.164. The van der Waals surface area contributed by atoms with E-state index in [1.54, 1.807) is 0 Å². The molecule has 3 heterocycles. The highest BCUT2D eigenvalue weighted by Gasteiger charge is 2.51. The van der Waals surface area contributed by atoms with Crippen LogP contribution in [-0.4, -0.2) is 55.3 Å². The minimum absolute atomic E-state index is 0.0707. The highest BCUT2D eigenvalue weighted by atomic mass is 16.6. The normalized spacial score (nSPS) is 35.3. The number of rotatable bonds is 5. The van der Waals surface area contributed by atoms with E-state index in [1.807, 2.05) is 39.0 Å². The quantitative estimate of drug-likeness (QED) is 0.624. The van der Waals surface area contributed by atoms with Gasteiger partial charge in [0.05, 0.1) is 42.0 Å². The molecule has 6 heteroatoms. The molecule has 6 nitrogen and oxygen atoms in total. The second-order valence-electron chi connectivity index (χ2n) is 10.6. The van der Waals surface area contributed by atoms with E-state index in [4.69, 9.17) is 23.7 Å². The van der Waals surface area contributed by atoms with Gasteiger partial charge < -0.3 is 23.7 Å². The summed E-state index contributed by atoms with van der Waals surface area (Å²) in [6.07, 6.45) is 4.05. The number of carbonyl (C=O) groups excluding carboxylic acids is 1. The molecule has 1 aromatic rings. The molecule has 32 heavy (non-hydrogen) atoms. The van der Waals surface area contributed by atoms with Crippen LogP contribution in [0.1, 0.15) is 65.4 Å². The first-order valence-electron chi connectivity index (χ1n) is 12.0. The van der Waals surface area contributed by atoms with Crippen molar-refractivity contribution < 1.29 is 28.5 Å². The Morgan fingerprint density at radius 2 is 1.94 bits per heavy atom. The molecule has 0 N–H and O–H groups in total. The van der Waals surface area contributed by atoms with Crippen LogP contribution < -0.4 is 0 Å². The molecule has 3 aliphatic rings. The van der Waals surface area contributed by atoms with Gasteiger partial charge in [-0.05, 0) is 58.9 Å². The minimum Gasteiger partial charge on any atom is -0.462 e. The molecule has 0 spiro atoms. The molecule has 1 aromatic carbocycles. The second kappa shape index (κ2) is 9.80. The number of hydrogen-bond donors (Lipinski definition) is 0. The molecule has 0 aliphatic carbocycles. The van der Waals surface area contributed by atoms with E-state index in [0.29, 0.717) is 6.61 Å². The third-order valence-corrected chi connectivity index (χ3v) is 6.90. The molecule has 0 unspecified atom stereocenters. The van der Waals surface area contributed by atoms with Crippen molar-refractivity contribution in [3.05, 3.63) is 35.9 Å². The van der Waals surface area contributed by atoms with Gasteiger partial charge in [-0.25, -0.2) is 0 Å². The molecule has 0 amide bonds. The maximum absolute atomic E-state index is 12.4. The Morgan fingerprint density at radius 3 is 2.69 bits per heavy atom. The van der Waals surface area contributed by atoms with E-state index in [1.165, 1.54) is 0 Å². The zero-order valence-corrected chi connectivity index (χ0v) is 19.9. The third-order valence-electron chi connectivity index (χ3n) is 6.90. The van der Waals surface area contributed by atoms with Gasteiger partial charge in [0, 0.05) is 13.0 Å². The Bertz CT molecular complexity index is 759. The zero-order valence-electron chi connectivity index (χ0n) is 19.9. The summed E-state index contributed by atoms with van der Waals surface area (Å²) in [6, 6.07) is 10.1. The zero-order chi connectivity index (χ0) is 22.8. The van der Waals surface area contributed by atoms with Gasteiger partial charge >= 0.3 is 5.97 Å². The van der Waals surface area contributed by atoms with Crippen LogP contribution in [0, 0.1) is 5.41 Å². The average Bonchev–Trinajstić information content (AvgIpc) is 2.90. The fraction of sp³-hybridized carbons (Fsp3) is 0.731. The van der Waals surface area contributed by atoms with Crippen LogP contribution in [0.25, 0.3) is 0 Å². The summed E-state index contributed by atoms with van der Waals surface area (Å²) < 4.78 is 31.3. The molecule has 3 aliphatic heterocycles. The maximum Gasteiger partial charge on any atom is 0.311 e. The van der Waals surface area contributed by atoms with Crippen molar-refractivity contribution in [3.8, 4) is 0 Å². The molecular weight excluding hydrogens is 408 g/mol. The average molecular weight is 447 g/mol. The van der Waals surface area contributed by atoms with Crippen molar-refractivity contribution in [2.45, 2.75) is 103 Å². The predicted molar refractivity (Wildman–Crippen MR) is 120 cm³/mol. The molecule has 6 atom stereocenters. The van der Waals surface area contributed by atoms with Gasteiger partial charge in [-0.15, -0.1) is 0 Å². The molecule has 3 fully saturated rings. The Morgan fingerprint density at radius 1 is 1.16 bits per heavy atom. The van der Waals surface area contributed by atoms with Crippen LogP contribution >= 0.6 is 0 Å². The first-order chi connectivity index (χ1) is 15.2. The molecule has 3 saturated heterocycles. The van der Waals surface area contributed by atoms with E-state index in [9.17, 15) is 4.79 Å². The van der Waals surface area contributed by atoms with Crippen LogP contribution in [-0.2, 0) is 35.1 Å². The molecule has 4 rings (SSSR count). The summed E-state index contributed by atoms with van der Waals surface area (Å²) in [5.74, 6) is -0.231.